The minimum Gasteiger partial charge on any atom is -0.398 e. The summed E-state index contributed by atoms with van der Waals surface area (Å²) in [7, 11) is 0. The number of nitrogen functional groups attached to an aromatic ring is 1. The zero-order valence-electron chi connectivity index (χ0n) is 12.0. The third kappa shape index (κ3) is 1.84. The van der Waals surface area contributed by atoms with Gasteiger partial charge in [-0.05, 0) is 50.1 Å². The minimum atomic E-state index is 0.792. The number of aryl methyl sites for hydroxylation is 3. The fraction of sp³-hybridized carbons (Fsp3) is 0.250. The first kappa shape index (κ1) is 12.7. The quantitative estimate of drug-likeness (QED) is 0.724. The molecule has 0 atom stereocenters. The normalized spacial score (nSPS) is 11.2. The van der Waals surface area contributed by atoms with Gasteiger partial charge >= 0.3 is 0 Å². The Balaban J connectivity index is 2.35. The molecule has 0 saturated carbocycles. The van der Waals surface area contributed by atoms with E-state index >= 15 is 0 Å². The van der Waals surface area contributed by atoms with Crippen molar-refractivity contribution in [2.75, 3.05) is 5.73 Å². The fourth-order valence-electron chi connectivity index (χ4n) is 2.63. The maximum atomic E-state index is 6.26. The monoisotopic (exact) mass is 266 g/mol. The number of nitrogens with zero attached hydrogens (tertiary/aromatic N) is 3. The van der Waals surface area contributed by atoms with Crippen molar-refractivity contribution in [1.82, 2.24) is 14.5 Å². The van der Waals surface area contributed by atoms with Crippen molar-refractivity contribution in [3.63, 3.8) is 0 Å². The molecule has 0 saturated heterocycles. The van der Waals surface area contributed by atoms with Crippen LogP contribution in [0.4, 0.5) is 5.69 Å². The van der Waals surface area contributed by atoms with E-state index in [1.165, 1.54) is 5.56 Å². The third-order valence-corrected chi connectivity index (χ3v) is 3.59. The van der Waals surface area contributed by atoms with Crippen LogP contribution in [-0.2, 0) is 6.54 Å². The van der Waals surface area contributed by atoms with E-state index in [0.29, 0.717) is 0 Å². The summed E-state index contributed by atoms with van der Waals surface area (Å²) < 4.78 is 2.11. The largest absolute Gasteiger partial charge is 0.398 e. The van der Waals surface area contributed by atoms with E-state index < -0.39 is 0 Å². The second kappa shape index (κ2) is 4.63. The summed E-state index contributed by atoms with van der Waals surface area (Å²) >= 11 is 0. The Morgan fingerprint density at radius 3 is 2.80 bits per heavy atom. The van der Waals surface area contributed by atoms with Crippen molar-refractivity contribution >= 4 is 16.9 Å². The number of rotatable bonds is 2. The van der Waals surface area contributed by atoms with Gasteiger partial charge < -0.3 is 10.3 Å². The van der Waals surface area contributed by atoms with Crippen molar-refractivity contribution in [2.24, 2.45) is 0 Å². The summed E-state index contributed by atoms with van der Waals surface area (Å²) in [6.07, 6.45) is 1.80. The topological polar surface area (TPSA) is 56.7 Å². The molecule has 2 heterocycles. The number of imidazole rings is 1. The van der Waals surface area contributed by atoms with Gasteiger partial charge in [-0.1, -0.05) is 6.07 Å². The summed E-state index contributed by atoms with van der Waals surface area (Å²) in [5.74, 6) is 0.894. The first-order chi connectivity index (χ1) is 9.61. The molecule has 0 fully saturated rings. The second-order valence-electron chi connectivity index (χ2n) is 5.07. The van der Waals surface area contributed by atoms with Crippen LogP contribution in [0, 0.1) is 13.8 Å². The number of hydrogen-bond donors (Lipinski definition) is 1. The molecular weight excluding hydrogens is 248 g/mol. The Morgan fingerprint density at radius 2 is 2.05 bits per heavy atom. The molecule has 0 unspecified atom stereocenters. The summed E-state index contributed by atoms with van der Waals surface area (Å²) in [4.78, 5) is 9.15. The van der Waals surface area contributed by atoms with Gasteiger partial charge in [-0.3, -0.25) is 0 Å². The molecule has 102 valence electrons. The Bertz CT molecular complexity index is 787. The Kier molecular flexibility index (Phi) is 2.93. The maximum absolute atomic E-state index is 6.26. The summed E-state index contributed by atoms with van der Waals surface area (Å²) in [5.41, 5.74) is 12.1. The van der Waals surface area contributed by atoms with Gasteiger partial charge in [0.1, 0.15) is 11.3 Å². The molecule has 2 N–H and O–H groups in total. The highest BCUT2D eigenvalue weighted by molar-refractivity contribution is 5.82. The van der Waals surface area contributed by atoms with Gasteiger partial charge in [0.25, 0.3) is 0 Å². The molecule has 0 radical (unpaired) electrons. The lowest BCUT2D eigenvalue weighted by molar-refractivity contribution is 0.787. The van der Waals surface area contributed by atoms with Crippen molar-refractivity contribution < 1.29 is 0 Å². The van der Waals surface area contributed by atoms with E-state index in [1.54, 1.807) is 6.20 Å². The van der Waals surface area contributed by atoms with Crippen LogP contribution in [0.2, 0.25) is 0 Å². The molecule has 1 aromatic carbocycles. The van der Waals surface area contributed by atoms with Crippen molar-refractivity contribution in [1.29, 1.82) is 0 Å². The summed E-state index contributed by atoms with van der Waals surface area (Å²) in [5, 5.41) is 0. The number of fused-ring (bicyclic) bond motifs is 1. The van der Waals surface area contributed by atoms with Crippen LogP contribution in [0.15, 0.2) is 30.5 Å². The number of hydrogen-bond acceptors (Lipinski definition) is 3. The molecule has 3 rings (SSSR count). The first-order valence-corrected chi connectivity index (χ1v) is 6.80. The molecule has 0 aliphatic carbocycles. The standard InChI is InChI=1S/C16H18N4/c1-4-20-15(19-13-6-5-7-18-16(13)20)12-9-10(2)8-11(3)14(12)17/h5-9H,4,17H2,1-3H3. The molecule has 0 amide bonds. The highest BCUT2D eigenvalue weighted by Gasteiger charge is 2.15. The molecular formula is C16H18N4. The van der Waals surface area contributed by atoms with Crippen LogP contribution < -0.4 is 5.73 Å². The zero-order valence-corrected chi connectivity index (χ0v) is 12.0. The van der Waals surface area contributed by atoms with E-state index in [9.17, 15) is 0 Å². The predicted octanol–water partition coefficient (Wildman–Crippen LogP) is 3.32. The molecule has 0 aliphatic heterocycles. The lowest BCUT2D eigenvalue weighted by atomic mass is 10.0. The number of benzene rings is 1. The first-order valence-electron chi connectivity index (χ1n) is 6.80. The predicted molar refractivity (Wildman–Crippen MR) is 82.5 cm³/mol. The molecule has 3 aromatic rings. The minimum absolute atomic E-state index is 0.792. The lowest BCUT2D eigenvalue weighted by Crippen LogP contribution is -2.02. The third-order valence-electron chi connectivity index (χ3n) is 3.59. The van der Waals surface area contributed by atoms with Crippen LogP contribution in [0.1, 0.15) is 18.1 Å². The fourth-order valence-corrected chi connectivity index (χ4v) is 2.63. The smallest absolute Gasteiger partial charge is 0.160 e. The number of aromatic nitrogens is 3. The van der Waals surface area contributed by atoms with Crippen LogP contribution in [-0.4, -0.2) is 14.5 Å². The lowest BCUT2D eigenvalue weighted by Gasteiger charge is -2.11. The number of anilines is 1. The van der Waals surface area contributed by atoms with E-state index in [1.807, 2.05) is 19.1 Å². The molecule has 0 aliphatic rings. The van der Waals surface area contributed by atoms with E-state index in [4.69, 9.17) is 10.7 Å². The van der Waals surface area contributed by atoms with Gasteiger partial charge in [-0.15, -0.1) is 0 Å². The highest BCUT2D eigenvalue weighted by atomic mass is 15.1. The van der Waals surface area contributed by atoms with E-state index in [0.717, 1.165) is 40.3 Å². The van der Waals surface area contributed by atoms with Gasteiger partial charge in [0.2, 0.25) is 0 Å². The number of nitrogens with two attached hydrogens (primary N) is 1. The highest BCUT2D eigenvalue weighted by Crippen LogP contribution is 2.31. The van der Waals surface area contributed by atoms with Crippen LogP contribution in [0.25, 0.3) is 22.6 Å². The average Bonchev–Trinajstić information content (AvgIpc) is 2.81. The zero-order chi connectivity index (χ0) is 14.3. The molecule has 2 aromatic heterocycles. The summed E-state index contributed by atoms with van der Waals surface area (Å²) in [6.45, 7) is 7.02. The molecule has 0 spiro atoms. The van der Waals surface area contributed by atoms with E-state index in [2.05, 4.69) is 35.5 Å². The van der Waals surface area contributed by atoms with Gasteiger partial charge in [-0.25, -0.2) is 9.97 Å². The van der Waals surface area contributed by atoms with Gasteiger partial charge in [0, 0.05) is 24.0 Å². The summed E-state index contributed by atoms with van der Waals surface area (Å²) in [6, 6.07) is 8.08. The second-order valence-corrected chi connectivity index (χ2v) is 5.07. The Morgan fingerprint density at radius 1 is 1.25 bits per heavy atom. The van der Waals surface area contributed by atoms with Gasteiger partial charge in [-0.2, -0.15) is 0 Å². The Labute approximate surface area is 118 Å². The van der Waals surface area contributed by atoms with Crippen LogP contribution in [0.5, 0.6) is 0 Å². The molecule has 4 nitrogen and oxygen atoms in total. The average molecular weight is 266 g/mol. The van der Waals surface area contributed by atoms with Gasteiger partial charge in [0.05, 0.1) is 0 Å². The molecule has 4 heteroatoms. The SMILES string of the molecule is CCn1c(-c2cc(C)cc(C)c2N)nc2cccnc21. The molecule has 20 heavy (non-hydrogen) atoms. The number of pyridine rings is 1. The van der Waals surface area contributed by atoms with Crippen molar-refractivity contribution in [3.8, 4) is 11.4 Å². The van der Waals surface area contributed by atoms with Crippen molar-refractivity contribution in [3.05, 3.63) is 41.6 Å². The Hall–Kier alpha value is -2.36. The van der Waals surface area contributed by atoms with Gasteiger partial charge in [0.15, 0.2) is 5.65 Å². The van der Waals surface area contributed by atoms with Crippen molar-refractivity contribution in [2.45, 2.75) is 27.3 Å². The van der Waals surface area contributed by atoms with Crippen LogP contribution in [0.3, 0.4) is 0 Å². The van der Waals surface area contributed by atoms with Crippen LogP contribution >= 0.6 is 0 Å². The van der Waals surface area contributed by atoms with E-state index in [-0.39, 0.29) is 0 Å². The maximum Gasteiger partial charge on any atom is 0.160 e. The molecule has 0 bridgehead atoms.